The highest BCUT2D eigenvalue weighted by atomic mass is 16.2. The number of carbonyl (C=O) groups excluding carboxylic acids is 2. The first kappa shape index (κ1) is 17.1. The molecular weight excluding hydrogens is 318 g/mol. The van der Waals surface area contributed by atoms with Crippen molar-refractivity contribution < 1.29 is 9.59 Å². The Morgan fingerprint density at radius 2 is 2.00 bits per heavy atom. The van der Waals surface area contributed by atoms with Crippen molar-refractivity contribution in [2.75, 3.05) is 11.9 Å². The molecule has 1 aliphatic rings. The van der Waals surface area contributed by atoms with Gasteiger partial charge in [0.1, 0.15) is 12.7 Å². The van der Waals surface area contributed by atoms with Gasteiger partial charge < -0.3 is 10.6 Å². The number of nitrogens with zero attached hydrogens (tertiary/aromatic N) is 3. The molecular formula is C18H23N5O2. The fourth-order valence-corrected chi connectivity index (χ4v) is 3.29. The van der Waals surface area contributed by atoms with Gasteiger partial charge in [-0.2, -0.15) is 5.10 Å². The van der Waals surface area contributed by atoms with Crippen LogP contribution in [0.25, 0.3) is 5.69 Å². The molecule has 2 amide bonds. The Kier molecular flexibility index (Phi) is 5.42. The van der Waals surface area contributed by atoms with Crippen LogP contribution in [0, 0.1) is 11.8 Å². The average molecular weight is 341 g/mol. The van der Waals surface area contributed by atoms with Crippen LogP contribution in [0.5, 0.6) is 0 Å². The van der Waals surface area contributed by atoms with E-state index in [4.69, 9.17) is 0 Å². The maximum Gasteiger partial charge on any atom is 0.313 e. The SMILES string of the molecule is CC1CCCC(CNC(=O)C(=O)Nc2ccc(-n3cncn3)cc2)C1. The normalized spacial score (nSPS) is 20.0. The highest BCUT2D eigenvalue weighted by Gasteiger charge is 2.21. The van der Waals surface area contributed by atoms with Gasteiger partial charge in [-0.15, -0.1) is 0 Å². The molecule has 1 aromatic carbocycles. The zero-order valence-electron chi connectivity index (χ0n) is 14.3. The van der Waals surface area contributed by atoms with Crippen molar-refractivity contribution in [1.29, 1.82) is 0 Å². The molecule has 1 aromatic heterocycles. The predicted molar refractivity (Wildman–Crippen MR) is 94.1 cm³/mol. The van der Waals surface area contributed by atoms with Gasteiger partial charge in [-0.3, -0.25) is 9.59 Å². The van der Waals surface area contributed by atoms with E-state index >= 15 is 0 Å². The van der Waals surface area contributed by atoms with Gasteiger partial charge in [-0.05, 0) is 48.9 Å². The van der Waals surface area contributed by atoms with Crippen LogP contribution < -0.4 is 10.6 Å². The summed E-state index contributed by atoms with van der Waals surface area (Å²) in [6, 6.07) is 7.05. The Morgan fingerprint density at radius 3 is 2.68 bits per heavy atom. The summed E-state index contributed by atoms with van der Waals surface area (Å²) < 4.78 is 1.61. The number of amides is 2. The molecule has 2 atom stereocenters. The number of benzene rings is 1. The lowest BCUT2D eigenvalue weighted by atomic mass is 9.82. The van der Waals surface area contributed by atoms with E-state index in [0.717, 1.165) is 18.5 Å². The number of carbonyl (C=O) groups is 2. The number of rotatable bonds is 4. The van der Waals surface area contributed by atoms with Crippen LogP contribution in [-0.2, 0) is 9.59 Å². The minimum Gasteiger partial charge on any atom is -0.348 e. The van der Waals surface area contributed by atoms with Gasteiger partial charge in [-0.25, -0.2) is 9.67 Å². The molecule has 0 radical (unpaired) electrons. The van der Waals surface area contributed by atoms with Crippen LogP contribution in [-0.4, -0.2) is 33.1 Å². The molecule has 2 unspecified atom stereocenters. The lowest BCUT2D eigenvalue weighted by Gasteiger charge is -2.26. The van der Waals surface area contributed by atoms with Gasteiger partial charge in [0.05, 0.1) is 5.69 Å². The van der Waals surface area contributed by atoms with E-state index in [-0.39, 0.29) is 0 Å². The number of hydrogen-bond acceptors (Lipinski definition) is 4. The molecule has 2 N–H and O–H groups in total. The van der Waals surface area contributed by atoms with E-state index in [0.29, 0.717) is 24.1 Å². The molecule has 1 fully saturated rings. The zero-order chi connectivity index (χ0) is 17.6. The summed E-state index contributed by atoms with van der Waals surface area (Å²) in [5.74, 6) is -0.0496. The molecule has 1 saturated carbocycles. The second-order valence-electron chi connectivity index (χ2n) is 6.69. The van der Waals surface area contributed by atoms with Crippen LogP contribution in [0.1, 0.15) is 32.6 Å². The third-order valence-corrected chi connectivity index (χ3v) is 4.61. The van der Waals surface area contributed by atoms with Crippen LogP contribution >= 0.6 is 0 Å². The van der Waals surface area contributed by atoms with Crippen molar-refractivity contribution in [3.63, 3.8) is 0 Å². The van der Waals surface area contributed by atoms with Crippen LogP contribution in [0.3, 0.4) is 0 Å². The predicted octanol–water partition coefficient (Wildman–Crippen LogP) is 2.15. The minimum absolute atomic E-state index is 0.475. The van der Waals surface area contributed by atoms with Gasteiger partial charge in [0.2, 0.25) is 0 Å². The Bertz CT molecular complexity index is 712. The molecule has 25 heavy (non-hydrogen) atoms. The van der Waals surface area contributed by atoms with E-state index in [9.17, 15) is 9.59 Å². The number of hydrogen-bond donors (Lipinski definition) is 2. The lowest BCUT2D eigenvalue weighted by molar-refractivity contribution is -0.136. The van der Waals surface area contributed by atoms with Gasteiger partial charge in [0.25, 0.3) is 0 Å². The van der Waals surface area contributed by atoms with Crippen LogP contribution in [0.2, 0.25) is 0 Å². The Morgan fingerprint density at radius 1 is 1.20 bits per heavy atom. The molecule has 0 spiro atoms. The second-order valence-corrected chi connectivity index (χ2v) is 6.69. The summed E-state index contributed by atoms with van der Waals surface area (Å²) in [6.45, 7) is 2.81. The molecule has 1 aliphatic carbocycles. The van der Waals surface area contributed by atoms with Crippen molar-refractivity contribution in [2.45, 2.75) is 32.6 Å². The molecule has 1 heterocycles. The zero-order valence-corrected chi connectivity index (χ0v) is 14.3. The number of anilines is 1. The van der Waals surface area contributed by atoms with Crippen LogP contribution in [0.15, 0.2) is 36.9 Å². The van der Waals surface area contributed by atoms with Gasteiger partial charge >= 0.3 is 11.8 Å². The van der Waals surface area contributed by atoms with E-state index in [2.05, 4.69) is 27.6 Å². The standard InChI is InChI=1S/C18H23N5O2/c1-13-3-2-4-14(9-13)10-20-17(24)18(25)22-15-5-7-16(8-6-15)23-12-19-11-21-23/h5-8,11-14H,2-4,9-10H2,1H3,(H,20,24)(H,22,25). The molecule has 7 nitrogen and oxygen atoms in total. The largest absolute Gasteiger partial charge is 0.348 e. The van der Waals surface area contributed by atoms with Gasteiger partial charge in [0, 0.05) is 12.2 Å². The van der Waals surface area contributed by atoms with E-state index in [1.165, 1.54) is 19.2 Å². The Labute approximate surface area is 146 Å². The summed E-state index contributed by atoms with van der Waals surface area (Å²) in [5, 5.41) is 9.40. The first-order valence-electron chi connectivity index (χ1n) is 8.66. The minimum atomic E-state index is -0.641. The van der Waals surface area contributed by atoms with E-state index in [1.54, 1.807) is 35.3 Å². The van der Waals surface area contributed by atoms with Gasteiger partial charge in [0.15, 0.2) is 0 Å². The fraction of sp³-hybridized carbons (Fsp3) is 0.444. The highest BCUT2D eigenvalue weighted by Crippen LogP contribution is 2.27. The topological polar surface area (TPSA) is 88.9 Å². The molecule has 2 aromatic rings. The highest BCUT2D eigenvalue weighted by molar-refractivity contribution is 6.39. The summed E-state index contributed by atoms with van der Waals surface area (Å²) in [6.07, 6.45) is 7.74. The molecule has 0 bridgehead atoms. The fourth-order valence-electron chi connectivity index (χ4n) is 3.29. The maximum absolute atomic E-state index is 12.0. The average Bonchev–Trinajstić information content (AvgIpc) is 3.15. The van der Waals surface area contributed by atoms with Crippen LogP contribution in [0.4, 0.5) is 5.69 Å². The third-order valence-electron chi connectivity index (χ3n) is 4.61. The van der Waals surface area contributed by atoms with Crippen molar-refractivity contribution in [3.8, 4) is 5.69 Å². The smallest absolute Gasteiger partial charge is 0.313 e. The molecule has 132 valence electrons. The molecule has 3 rings (SSSR count). The van der Waals surface area contributed by atoms with Crippen molar-refractivity contribution in [1.82, 2.24) is 20.1 Å². The monoisotopic (exact) mass is 341 g/mol. The van der Waals surface area contributed by atoms with Crippen molar-refractivity contribution in [2.24, 2.45) is 11.8 Å². The summed E-state index contributed by atoms with van der Waals surface area (Å²) in [5.41, 5.74) is 1.39. The Hall–Kier alpha value is -2.70. The first-order valence-corrected chi connectivity index (χ1v) is 8.66. The third kappa shape index (κ3) is 4.65. The van der Waals surface area contributed by atoms with E-state index < -0.39 is 11.8 Å². The Balaban J connectivity index is 1.48. The summed E-state index contributed by atoms with van der Waals surface area (Å²) >= 11 is 0. The van der Waals surface area contributed by atoms with E-state index in [1.807, 2.05) is 0 Å². The summed E-state index contributed by atoms with van der Waals surface area (Å²) in [7, 11) is 0. The van der Waals surface area contributed by atoms with Gasteiger partial charge in [-0.1, -0.05) is 19.8 Å². The number of nitrogens with one attached hydrogen (secondary N) is 2. The second kappa shape index (κ2) is 7.92. The molecule has 0 aliphatic heterocycles. The molecule has 7 heteroatoms. The molecule has 0 saturated heterocycles. The summed E-state index contributed by atoms with van der Waals surface area (Å²) in [4.78, 5) is 27.9. The first-order chi connectivity index (χ1) is 12.1. The number of aromatic nitrogens is 3. The quantitative estimate of drug-likeness (QED) is 0.834. The van der Waals surface area contributed by atoms with Crippen molar-refractivity contribution in [3.05, 3.63) is 36.9 Å². The van der Waals surface area contributed by atoms with Crippen molar-refractivity contribution >= 4 is 17.5 Å². The maximum atomic E-state index is 12.0. The lowest BCUT2D eigenvalue weighted by Crippen LogP contribution is -2.38.